The molecule has 0 saturated carbocycles. The van der Waals surface area contributed by atoms with Crippen LogP contribution in [0, 0.1) is 11.5 Å². The summed E-state index contributed by atoms with van der Waals surface area (Å²) in [6.45, 7) is 10.9. The first-order chi connectivity index (χ1) is 4.45. The Labute approximate surface area is 98.1 Å². The molecule has 64 valence electrons. The molecule has 0 aromatic carbocycles. The Morgan fingerprint density at radius 1 is 1.08 bits per heavy atom. The minimum atomic E-state index is 0. The fraction of sp³-hybridized carbons (Fsp3) is 0.600. The molecule has 0 bridgehead atoms. The number of allylic oxidation sites excluding steroid dienone is 4. The molecule has 0 spiro atoms. The summed E-state index contributed by atoms with van der Waals surface area (Å²) in [7, 11) is 0. The van der Waals surface area contributed by atoms with Gasteiger partial charge in [-0.25, -0.2) is 5.57 Å². The molecule has 0 fully saturated rings. The van der Waals surface area contributed by atoms with Gasteiger partial charge < -0.3 is 12.4 Å². The summed E-state index contributed by atoms with van der Waals surface area (Å²) >= 11 is 0. The average Bonchev–Trinajstić information content (AvgIpc) is 1.95. The van der Waals surface area contributed by atoms with E-state index in [1.165, 1.54) is 16.7 Å². The van der Waals surface area contributed by atoms with Crippen LogP contribution in [0.25, 0.3) is 0 Å². The SMILES string of the molecule is CC1=[C-]C(C)(C)C(C)=C1C.[Cl-].[Mg+2]. The maximum atomic E-state index is 3.44. The zero-order valence-electron chi connectivity index (χ0n) is 8.59. The van der Waals surface area contributed by atoms with Crippen LogP contribution in [-0.4, -0.2) is 23.1 Å². The van der Waals surface area contributed by atoms with Crippen molar-refractivity contribution in [1.82, 2.24) is 0 Å². The maximum Gasteiger partial charge on any atom is 2.00 e. The molecule has 0 unspecified atom stereocenters. The fourth-order valence-corrected chi connectivity index (χ4v) is 1.41. The van der Waals surface area contributed by atoms with Gasteiger partial charge >= 0.3 is 23.1 Å². The molecule has 0 heterocycles. The van der Waals surface area contributed by atoms with E-state index in [0.29, 0.717) is 0 Å². The first-order valence-corrected chi connectivity index (χ1v) is 3.75. The van der Waals surface area contributed by atoms with Crippen molar-refractivity contribution in [3.63, 3.8) is 0 Å². The van der Waals surface area contributed by atoms with Gasteiger partial charge in [-0.15, -0.1) is 6.92 Å². The van der Waals surface area contributed by atoms with Gasteiger partial charge in [0.1, 0.15) is 0 Å². The first kappa shape index (κ1) is 15.0. The molecule has 1 aliphatic rings. The van der Waals surface area contributed by atoms with Gasteiger partial charge in [0, 0.05) is 0 Å². The number of hydrogen-bond donors (Lipinski definition) is 0. The molecule has 2 heteroatoms. The monoisotopic (exact) mass is 194 g/mol. The standard InChI is InChI=1S/C10H15.ClH.Mg/c1-7-6-10(4,5)9(3)8(7)2;;/h1-5H3;1H;/q-1;;+2/p-1. The third kappa shape index (κ3) is 2.51. The van der Waals surface area contributed by atoms with Crippen molar-refractivity contribution in [2.75, 3.05) is 0 Å². The predicted octanol–water partition coefficient (Wildman–Crippen LogP) is -0.265. The zero-order chi connectivity index (χ0) is 7.94. The minimum absolute atomic E-state index is 0. The van der Waals surface area contributed by atoms with Gasteiger partial charge in [-0.05, 0) is 0 Å². The summed E-state index contributed by atoms with van der Waals surface area (Å²) in [5, 5.41) is 0. The third-order valence-corrected chi connectivity index (χ3v) is 2.56. The Morgan fingerprint density at radius 2 is 1.50 bits per heavy atom. The van der Waals surface area contributed by atoms with Gasteiger partial charge in [0.15, 0.2) is 0 Å². The Balaban J connectivity index is 0. The van der Waals surface area contributed by atoms with E-state index in [-0.39, 0.29) is 40.9 Å². The summed E-state index contributed by atoms with van der Waals surface area (Å²) in [5.74, 6) is 0. The third-order valence-electron chi connectivity index (χ3n) is 2.56. The van der Waals surface area contributed by atoms with Crippen molar-refractivity contribution in [3.8, 4) is 0 Å². The Kier molecular flexibility index (Phi) is 5.87. The predicted molar refractivity (Wildman–Crippen MR) is 50.3 cm³/mol. The molecular weight excluding hydrogens is 180 g/mol. The second-order valence-corrected chi connectivity index (χ2v) is 3.62. The molecule has 0 amide bonds. The normalized spacial score (nSPS) is 19.6. The van der Waals surface area contributed by atoms with E-state index in [4.69, 9.17) is 0 Å². The molecule has 0 nitrogen and oxygen atoms in total. The van der Waals surface area contributed by atoms with Crippen LogP contribution in [0.4, 0.5) is 0 Å². The van der Waals surface area contributed by atoms with E-state index in [9.17, 15) is 0 Å². The van der Waals surface area contributed by atoms with Crippen molar-refractivity contribution in [3.05, 3.63) is 22.8 Å². The van der Waals surface area contributed by atoms with Gasteiger partial charge in [-0.1, -0.05) is 33.1 Å². The maximum absolute atomic E-state index is 3.44. The smallest absolute Gasteiger partial charge is 1.00 e. The molecule has 0 aromatic heterocycles. The number of halogens is 1. The summed E-state index contributed by atoms with van der Waals surface area (Å²) in [5.41, 5.74) is 4.39. The summed E-state index contributed by atoms with van der Waals surface area (Å²) in [4.78, 5) is 0. The van der Waals surface area contributed by atoms with Crippen LogP contribution < -0.4 is 12.4 Å². The first-order valence-electron chi connectivity index (χ1n) is 3.75. The van der Waals surface area contributed by atoms with Gasteiger partial charge in [-0.3, -0.25) is 6.08 Å². The number of rotatable bonds is 0. The molecular formula is C10H15ClMg. The van der Waals surface area contributed by atoms with Gasteiger partial charge in [0.25, 0.3) is 0 Å². The second-order valence-electron chi connectivity index (χ2n) is 3.62. The fourth-order valence-electron chi connectivity index (χ4n) is 1.41. The Morgan fingerprint density at radius 3 is 1.58 bits per heavy atom. The summed E-state index contributed by atoms with van der Waals surface area (Å²) in [6, 6.07) is 0. The van der Waals surface area contributed by atoms with Crippen molar-refractivity contribution in [1.29, 1.82) is 0 Å². The van der Waals surface area contributed by atoms with E-state index in [0.717, 1.165) is 0 Å². The van der Waals surface area contributed by atoms with Gasteiger partial charge in [0.05, 0.1) is 0 Å². The van der Waals surface area contributed by atoms with Crippen molar-refractivity contribution < 1.29 is 12.4 Å². The summed E-state index contributed by atoms with van der Waals surface area (Å²) < 4.78 is 0. The molecule has 1 aliphatic carbocycles. The Hall–Kier alpha value is 0.536. The Bertz CT molecular complexity index is 224. The van der Waals surface area contributed by atoms with E-state index in [1.807, 2.05) is 0 Å². The largest absolute Gasteiger partial charge is 2.00 e. The van der Waals surface area contributed by atoms with E-state index in [1.54, 1.807) is 0 Å². The van der Waals surface area contributed by atoms with Crippen LogP contribution in [0.1, 0.15) is 34.6 Å². The van der Waals surface area contributed by atoms with Crippen LogP contribution in [0.3, 0.4) is 0 Å². The number of hydrogen-bond acceptors (Lipinski definition) is 0. The van der Waals surface area contributed by atoms with Crippen molar-refractivity contribution in [2.24, 2.45) is 5.41 Å². The molecule has 1 rings (SSSR count). The molecule has 0 aliphatic heterocycles. The van der Waals surface area contributed by atoms with Crippen LogP contribution in [0.2, 0.25) is 0 Å². The van der Waals surface area contributed by atoms with Gasteiger partial charge in [0.2, 0.25) is 0 Å². The topological polar surface area (TPSA) is 0 Å². The van der Waals surface area contributed by atoms with Crippen molar-refractivity contribution in [2.45, 2.75) is 34.6 Å². The second kappa shape index (κ2) is 4.68. The molecule has 12 heavy (non-hydrogen) atoms. The van der Waals surface area contributed by atoms with E-state index >= 15 is 0 Å². The molecule has 0 radical (unpaired) electrons. The van der Waals surface area contributed by atoms with Crippen molar-refractivity contribution >= 4 is 23.1 Å². The van der Waals surface area contributed by atoms with Gasteiger partial charge in [-0.2, -0.15) is 11.1 Å². The molecule has 0 N–H and O–H groups in total. The van der Waals surface area contributed by atoms with Crippen LogP contribution in [0.5, 0.6) is 0 Å². The van der Waals surface area contributed by atoms with Crippen LogP contribution in [-0.2, 0) is 0 Å². The van der Waals surface area contributed by atoms with Crippen LogP contribution >= 0.6 is 0 Å². The molecule has 0 saturated heterocycles. The zero-order valence-corrected chi connectivity index (χ0v) is 10.8. The molecule has 0 atom stereocenters. The van der Waals surface area contributed by atoms with Crippen LogP contribution in [0.15, 0.2) is 16.7 Å². The summed E-state index contributed by atoms with van der Waals surface area (Å²) in [6.07, 6.45) is 3.44. The quantitative estimate of drug-likeness (QED) is 0.369. The minimum Gasteiger partial charge on any atom is -1.00 e. The molecule has 0 aromatic rings. The average molecular weight is 195 g/mol. The van der Waals surface area contributed by atoms with E-state index in [2.05, 4.69) is 40.7 Å². The van der Waals surface area contributed by atoms with E-state index < -0.39 is 0 Å².